The molecule has 0 aromatic heterocycles. The number of carbonyl (C=O) groups is 3. The number of aliphatic carboxylic acids is 1. The first-order valence-corrected chi connectivity index (χ1v) is 8.23. The van der Waals surface area contributed by atoms with Crippen LogP contribution in [-0.2, 0) is 14.3 Å². The highest BCUT2D eigenvalue weighted by Gasteiger charge is 2.38. The molecule has 0 spiro atoms. The smallest absolute Gasteiger partial charge is 0.408 e. The molecule has 1 saturated heterocycles. The van der Waals surface area contributed by atoms with Crippen molar-refractivity contribution in [2.45, 2.75) is 51.3 Å². The second-order valence-corrected chi connectivity index (χ2v) is 7.00. The van der Waals surface area contributed by atoms with Gasteiger partial charge in [-0.25, -0.2) is 4.79 Å². The number of carbonyl (C=O) groups excluding carboxylic acids is 3. The summed E-state index contributed by atoms with van der Waals surface area (Å²) in [6.07, 6.45) is 0.127. The lowest BCUT2D eigenvalue weighted by Crippen LogP contribution is -2.50. The molecule has 0 radical (unpaired) electrons. The number of nitrogens with zero attached hydrogens (tertiary/aromatic N) is 1. The van der Waals surface area contributed by atoms with E-state index < -0.39 is 29.6 Å². The third kappa shape index (κ3) is 4.95. The zero-order valence-electron chi connectivity index (χ0n) is 14.7. The van der Waals surface area contributed by atoms with Gasteiger partial charge in [0.15, 0.2) is 0 Å². The fraction of sp³-hybridized carbons (Fsp3) is 0.500. The summed E-state index contributed by atoms with van der Waals surface area (Å²) in [5.41, 5.74) is 0.179. The second kappa shape index (κ2) is 7.55. The molecular weight excluding hydrogens is 324 g/mol. The van der Waals surface area contributed by atoms with Crippen LogP contribution in [0.1, 0.15) is 45.2 Å². The second-order valence-electron chi connectivity index (χ2n) is 7.00. The molecule has 2 amide bonds. The topological polar surface area (TPSA) is 98.8 Å². The molecule has 1 aliphatic rings. The van der Waals surface area contributed by atoms with Crippen molar-refractivity contribution < 1.29 is 24.2 Å². The maximum absolute atomic E-state index is 12.6. The van der Waals surface area contributed by atoms with Crippen molar-refractivity contribution in [1.82, 2.24) is 10.2 Å². The van der Waals surface area contributed by atoms with E-state index in [1.165, 1.54) is 4.90 Å². The summed E-state index contributed by atoms with van der Waals surface area (Å²) in [5.74, 6) is -1.77. The number of carboxylic acids is 1. The van der Waals surface area contributed by atoms with Gasteiger partial charge >= 0.3 is 6.09 Å². The predicted molar refractivity (Wildman–Crippen MR) is 88.3 cm³/mol. The zero-order chi connectivity index (χ0) is 18.6. The molecular formula is C18H23N2O5-. The number of hydrogen-bond acceptors (Lipinski definition) is 5. The van der Waals surface area contributed by atoms with Crippen LogP contribution in [0, 0.1) is 0 Å². The number of nitrogens with one attached hydrogen (secondary N) is 1. The molecule has 7 nitrogen and oxygen atoms in total. The summed E-state index contributed by atoms with van der Waals surface area (Å²) >= 11 is 0. The van der Waals surface area contributed by atoms with Crippen molar-refractivity contribution in [2.75, 3.05) is 6.54 Å². The Morgan fingerprint density at radius 3 is 2.40 bits per heavy atom. The lowest BCUT2D eigenvalue weighted by Gasteiger charge is -2.31. The molecule has 1 N–H and O–H groups in total. The number of amides is 2. The summed E-state index contributed by atoms with van der Waals surface area (Å²) in [4.78, 5) is 37.0. The van der Waals surface area contributed by atoms with Gasteiger partial charge in [0.2, 0.25) is 5.91 Å². The summed E-state index contributed by atoms with van der Waals surface area (Å²) in [5, 5.41) is 13.8. The average molecular weight is 347 g/mol. The Hall–Kier alpha value is -2.57. The molecule has 25 heavy (non-hydrogen) atoms. The molecule has 2 unspecified atom stereocenters. The zero-order valence-corrected chi connectivity index (χ0v) is 14.7. The summed E-state index contributed by atoms with van der Waals surface area (Å²) in [6.45, 7) is 4.81. The van der Waals surface area contributed by atoms with Gasteiger partial charge < -0.3 is 24.9 Å². The molecule has 2 rings (SSSR count). The van der Waals surface area contributed by atoms with Gasteiger partial charge in [-0.2, -0.15) is 0 Å². The fourth-order valence-corrected chi connectivity index (χ4v) is 2.95. The maximum atomic E-state index is 12.6. The molecule has 1 aliphatic heterocycles. The number of rotatable bonds is 4. The van der Waals surface area contributed by atoms with Gasteiger partial charge in [0.25, 0.3) is 0 Å². The van der Waals surface area contributed by atoms with Gasteiger partial charge in [0, 0.05) is 0 Å². The Balaban J connectivity index is 2.09. The van der Waals surface area contributed by atoms with Gasteiger partial charge in [-0.1, -0.05) is 30.3 Å². The lowest BCUT2D eigenvalue weighted by molar-refractivity contribution is -0.310. The van der Waals surface area contributed by atoms with E-state index in [0.717, 1.165) is 5.56 Å². The van der Waals surface area contributed by atoms with Crippen molar-refractivity contribution in [3.63, 3.8) is 0 Å². The van der Waals surface area contributed by atoms with Gasteiger partial charge in [-0.05, 0) is 39.2 Å². The highest BCUT2D eigenvalue weighted by Crippen LogP contribution is 2.35. The number of ether oxygens (including phenoxy) is 1. The molecule has 0 saturated carbocycles. The Labute approximate surface area is 147 Å². The SMILES string of the molecule is CC(C)(C)OC(=O)NCC(=O)N1C(C(=O)[O-])CCC1c1ccccc1. The van der Waals surface area contributed by atoms with E-state index in [1.54, 1.807) is 20.8 Å². The van der Waals surface area contributed by atoms with Crippen LogP contribution in [-0.4, -0.2) is 41.1 Å². The van der Waals surface area contributed by atoms with E-state index >= 15 is 0 Å². The Morgan fingerprint density at radius 2 is 1.84 bits per heavy atom. The minimum Gasteiger partial charge on any atom is -0.548 e. The van der Waals surface area contributed by atoms with E-state index in [4.69, 9.17) is 4.74 Å². The number of alkyl carbamates (subject to hydrolysis) is 1. The van der Waals surface area contributed by atoms with Crippen LogP contribution in [0.25, 0.3) is 0 Å². The van der Waals surface area contributed by atoms with Crippen LogP contribution in [0.4, 0.5) is 4.79 Å². The third-order valence-electron chi connectivity index (χ3n) is 3.91. The van der Waals surface area contributed by atoms with Gasteiger partial charge in [-0.3, -0.25) is 4.79 Å². The van der Waals surface area contributed by atoms with Gasteiger partial charge in [0.05, 0.1) is 18.1 Å². The molecule has 1 heterocycles. The van der Waals surface area contributed by atoms with E-state index in [0.29, 0.717) is 12.8 Å². The van der Waals surface area contributed by atoms with E-state index in [2.05, 4.69) is 5.32 Å². The number of hydrogen-bond donors (Lipinski definition) is 1. The van der Waals surface area contributed by atoms with E-state index in [-0.39, 0.29) is 12.6 Å². The third-order valence-corrected chi connectivity index (χ3v) is 3.91. The standard InChI is InChI=1S/C18H24N2O5/c1-18(2,3)25-17(24)19-11-15(21)20-13(9-10-14(20)16(22)23)12-7-5-4-6-8-12/h4-8,13-14H,9-11H2,1-3H3,(H,19,24)(H,22,23)/p-1. The van der Waals surface area contributed by atoms with Crippen molar-refractivity contribution >= 4 is 18.0 Å². The Morgan fingerprint density at radius 1 is 1.20 bits per heavy atom. The molecule has 7 heteroatoms. The van der Waals surface area contributed by atoms with Crippen LogP contribution in [0.3, 0.4) is 0 Å². The minimum atomic E-state index is -1.29. The maximum Gasteiger partial charge on any atom is 0.408 e. The molecule has 0 bridgehead atoms. The number of benzene rings is 1. The molecule has 2 atom stereocenters. The molecule has 1 aromatic rings. The van der Waals surface area contributed by atoms with Crippen molar-refractivity contribution in [3.8, 4) is 0 Å². The molecule has 1 aromatic carbocycles. The lowest BCUT2D eigenvalue weighted by atomic mass is 10.0. The predicted octanol–water partition coefficient (Wildman–Crippen LogP) is 0.993. The van der Waals surface area contributed by atoms with Crippen LogP contribution < -0.4 is 10.4 Å². The van der Waals surface area contributed by atoms with Crippen molar-refractivity contribution in [2.24, 2.45) is 0 Å². The first-order chi connectivity index (χ1) is 11.7. The Bertz CT molecular complexity index is 639. The minimum absolute atomic E-state index is 0.320. The van der Waals surface area contributed by atoms with Gasteiger partial charge in [-0.15, -0.1) is 0 Å². The van der Waals surface area contributed by atoms with Crippen LogP contribution in [0.5, 0.6) is 0 Å². The first-order valence-electron chi connectivity index (χ1n) is 8.23. The molecule has 1 fully saturated rings. The van der Waals surface area contributed by atoms with Crippen molar-refractivity contribution in [1.29, 1.82) is 0 Å². The van der Waals surface area contributed by atoms with Crippen LogP contribution >= 0.6 is 0 Å². The summed E-state index contributed by atoms with van der Waals surface area (Å²) in [7, 11) is 0. The van der Waals surface area contributed by atoms with E-state index in [1.807, 2.05) is 30.3 Å². The summed E-state index contributed by atoms with van der Waals surface area (Å²) in [6, 6.07) is 7.88. The van der Waals surface area contributed by atoms with Crippen molar-refractivity contribution in [3.05, 3.63) is 35.9 Å². The normalized spacial score (nSPS) is 20.2. The first kappa shape index (κ1) is 18.8. The number of carboxylic acid groups (broad SMARTS) is 1. The largest absolute Gasteiger partial charge is 0.548 e. The van der Waals surface area contributed by atoms with Gasteiger partial charge in [0.1, 0.15) is 12.1 Å². The molecule has 0 aliphatic carbocycles. The quantitative estimate of drug-likeness (QED) is 0.876. The molecule has 136 valence electrons. The monoisotopic (exact) mass is 347 g/mol. The number of likely N-dealkylation sites (tertiary alicyclic amines) is 1. The van der Waals surface area contributed by atoms with Crippen LogP contribution in [0.15, 0.2) is 30.3 Å². The van der Waals surface area contributed by atoms with E-state index in [9.17, 15) is 19.5 Å². The van der Waals surface area contributed by atoms with Crippen LogP contribution in [0.2, 0.25) is 0 Å². The fourth-order valence-electron chi connectivity index (χ4n) is 2.95. The highest BCUT2D eigenvalue weighted by atomic mass is 16.6. The Kier molecular flexibility index (Phi) is 5.66. The highest BCUT2D eigenvalue weighted by molar-refractivity contribution is 5.87. The summed E-state index contributed by atoms with van der Waals surface area (Å²) < 4.78 is 5.09. The average Bonchev–Trinajstić information content (AvgIpc) is 2.97.